The van der Waals surface area contributed by atoms with Gasteiger partial charge in [-0.15, -0.1) is 13.2 Å². The maximum atomic E-state index is 11.5. The molecule has 0 bridgehead atoms. The van der Waals surface area contributed by atoms with Crippen LogP contribution in [0.1, 0.15) is 78.1 Å². The molecule has 2 amide bonds. The Morgan fingerprint density at radius 3 is 1.24 bits per heavy atom. The number of hydrogen-bond acceptors (Lipinski definition) is 6. The van der Waals surface area contributed by atoms with Crippen LogP contribution >= 0.6 is 0 Å². The molecule has 2 atom stereocenters. The third-order valence-corrected chi connectivity index (χ3v) is 5.23. The van der Waals surface area contributed by atoms with Crippen LogP contribution in [0.5, 0.6) is 0 Å². The van der Waals surface area contributed by atoms with E-state index >= 15 is 0 Å². The molecule has 0 fully saturated rings. The van der Waals surface area contributed by atoms with E-state index < -0.39 is 24.0 Å². The molecule has 0 heterocycles. The van der Waals surface area contributed by atoms with Crippen LogP contribution in [0, 0.1) is 0 Å². The Hall–Kier alpha value is -1.38. The van der Waals surface area contributed by atoms with Crippen LogP contribution in [0.15, 0.2) is 25.3 Å². The van der Waals surface area contributed by atoms with Crippen LogP contribution in [0.2, 0.25) is 0 Å². The van der Waals surface area contributed by atoms with Crippen molar-refractivity contribution < 1.29 is 29.4 Å². The minimum atomic E-state index is -1.22. The molecule has 0 saturated heterocycles. The van der Waals surface area contributed by atoms with Crippen molar-refractivity contribution in [1.29, 1.82) is 0 Å². The van der Waals surface area contributed by atoms with E-state index in [1.165, 1.54) is 37.7 Å². The molecule has 0 aliphatic carbocycles. The molecule has 0 aromatic heterocycles. The number of likely N-dealkylation sites (N-methyl/N-ethyl adjacent to an activating group) is 2. The summed E-state index contributed by atoms with van der Waals surface area (Å²) >= 11 is 0. The van der Waals surface area contributed by atoms with Crippen LogP contribution in [0.4, 0.5) is 0 Å². The summed E-state index contributed by atoms with van der Waals surface area (Å²) in [6.07, 6.45) is 12.0. The maximum absolute atomic E-state index is 11.5. The van der Waals surface area contributed by atoms with Gasteiger partial charge in [-0.1, -0.05) is 25.0 Å². The van der Waals surface area contributed by atoms with Crippen molar-refractivity contribution >= 4 is 61.5 Å². The predicted octanol–water partition coefficient (Wildman–Crippen LogP) is 1.06. The number of amides is 2. The van der Waals surface area contributed by atoms with E-state index in [2.05, 4.69) is 13.2 Å². The quantitative estimate of drug-likeness (QED) is 0.180. The van der Waals surface area contributed by atoms with E-state index in [1.807, 2.05) is 12.2 Å². The fourth-order valence-corrected chi connectivity index (χ4v) is 2.58. The minimum absolute atomic E-state index is 0. The molecule has 0 aromatic carbocycles. The van der Waals surface area contributed by atoms with Gasteiger partial charge in [0.15, 0.2) is 0 Å². The number of aliphatic carboxylic acids is 2. The molecule has 0 rings (SSSR count). The molecule has 8 nitrogen and oxygen atoms in total. The average molecular weight is 493 g/mol. The van der Waals surface area contributed by atoms with Crippen molar-refractivity contribution in [3.05, 3.63) is 25.3 Å². The van der Waals surface area contributed by atoms with E-state index in [1.54, 1.807) is 0 Å². The second-order valence-electron chi connectivity index (χ2n) is 7.78. The topological polar surface area (TPSA) is 121 Å². The smallest absolute Gasteiger partial charge is 0.548 e. The predicted molar refractivity (Wildman–Crippen MR) is 127 cm³/mol. The average Bonchev–Trinajstić information content (AvgIpc) is 2.76. The Kier molecular flexibility index (Phi) is 24.6. The third kappa shape index (κ3) is 18.7. The Balaban J connectivity index is -0.000000529. The fraction of sp³-hybridized carbons (Fsp3) is 0.667. The summed E-state index contributed by atoms with van der Waals surface area (Å²) in [5.74, 6) is -2.73. The number of carboxylic acids is 2. The monoisotopic (exact) mass is 492 g/mol. The van der Waals surface area contributed by atoms with Gasteiger partial charge >= 0.3 is 37.7 Å². The van der Waals surface area contributed by atoms with Crippen LogP contribution < -0.4 is 10.2 Å². The molecule has 184 valence electrons. The first kappa shape index (κ1) is 36.2. The van der Waals surface area contributed by atoms with Crippen LogP contribution in [-0.2, 0) is 19.2 Å². The van der Waals surface area contributed by atoms with Gasteiger partial charge < -0.3 is 29.6 Å². The Morgan fingerprint density at radius 2 is 1.00 bits per heavy atom. The van der Waals surface area contributed by atoms with Gasteiger partial charge in [0.2, 0.25) is 11.8 Å². The first-order valence-electron chi connectivity index (χ1n) is 11.2. The molecular formula is C24H40CaN2O6. The Bertz CT molecular complexity index is 560. The molecule has 0 saturated carbocycles. The van der Waals surface area contributed by atoms with Gasteiger partial charge in [-0.25, -0.2) is 0 Å². The van der Waals surface area contributed by atoms with E-state index in [9.17, 15) is 29.4 Å². The number of carboxylic acid groups (broad SMARTS) is 2. The van der Waals surface area contributed by atoms with E-state index in [0.717, 1.165) is 51.4 Å². The number of hydrogen-bond donors (Lipinski definition) is 0. The zero-order chi connectivity index (χ0) is 25.1. The van der Waals surface area contributed by atoms with Gasteiger partial charge in [0.1, 0.15) is 0 Å². The molecule has 33 heavy (non-hydrogen) atoms. The standard InChI is InChI=1S/2C12H21NO3.Ca/c2*1-4-5-6-7-8-9-11(14)13(3)10(2)12(15)16;/h2*4,10H,1,5-9H2,2-3H3,(H,15,16);/q;;+2/p-2. The van der Waals surface area contributed by atoms with Crippen molar-refractivity contribution in [1.82, 2.24) is 9.80 Å². The summed E-state index contributed by atoms with van der Waals surface area (Å²) in [4.78, 5) is 46.6. The zero-order valence-electron chi connectivity index (χ0n) is 20.8. The minimum Gasteiger partial charge on any atom is -0.548 e. The number of carbonyl (C=O) groups is 4. The van der Waals surface area contributed by atoms with Gasteiger partial charge in [0, 0.05) is 26.9 Å². The van der Waals surface area contributed by atoms with Gasteiger partial charge in [-0.2, -0.15) is 0 Å². The summed E-state index contributed by atoms with van der Waals surface area (Å²) in [5, 5.41) is 21.1. The second-order valence-corrected chi connectivity index (χ2v) is 7.78. The molecule has 0 radical (unpaired) electrons. The molecule has 9 heteroatoms. The summed E-state index contributed by atoms with van der Waals surface area (Å²) in [6, 6.07) is -1.72. The van der Waals surface area contributed by atoms with Crippen LogP contribution in [0.25, 0.3) is 0 Å². The Labute approximate surface area is 229 Å². The maximum Gasteiger partial charge on any atom is 2.00 e. The molecule has 0 aliphatic heterocycles. The fourth-order valence-electron chi connectivity index (χ4n) is 2.58. The first-order valence-corrected chi connectivity index (χ1v) is 11.2. The van der Waals surface area contributed by atoms with E-state index in [-0.39, 0.29) is 49.6 Å². The molecule has 0 aromatic rings. The van der Waals surface area contributed by atoms with Crippen molar-refractivity contribution in [2.75, 3.05) is 14.1 Å². The third-order valence-electron chi connectivity index (χ3n) is 5.23. The van der Waals surface area contributed by atoms with Crippen molar-refractivity contribution in [3.8, 4) is 0 Å². The number of allylic oxidation sites excluding steroid dienone is 2. The molecule has 2 unspecified atom stereocenters. The SMILES string of the molecule is C=CCCCCCC(=O)N(C)C(C)C(=O)[O-].C=CCCCCCC(=O)N(C)C(C)C(=O)[O-].[Ca+2]. The van der Waals surface area contributed by atoms with Crippen molar-refractivity contribution in [2.45, 2.75) is 90.1 Å². The number of nitrogens with zero attached hydrogens (tertiary/aromatic N) is 2. The van der Waals surface area contributed by atoms with Gasteiger partial charge in [-0.05, 0) is 52.4 Å². The summed E-state index contributed by atoms with van der Waals surface area (Å²) in [7, 11) is 2.99. The van der Waals surface area contributed by atoms with E-state index in [0.29, 0.717) is 12.8 Å². The van der Waals surface area contributed by atoms with Crippen LogP contribution in [-0.4, -0.2) is 97.5 Å². The van der Waals surface area contributed by atoms with Gasteiger partial charge in [0.05, 0.1) is 24.0 Å². The molecule has 0 aliphatic rings. The molecule has 0 spiro atoms. The molecule has 0 N–H and O–H groups in total. The largest absolute Gasteiger partial charge is 2.00 e. The zero-order valence-corrected chi connectivity index (χ0v) is 23.1. The number of unbranched alkanes of at least 4 members (excludes halogenated alkanes) is 6. The summed E-state index contributed by atoms with van der Waals surface area (Å²) < 4.78 is 0. The molecular weight excluding hydrogens is 452 g/mol. The summed E-state index contributed by atoms with van der Waals surface area (Å²) in [5.41, 5.74) is 0. The van der Waals surface area contributed by atoms with Crippen molar-refractivity contribution in [2.24, 2.45) is 0 Å². The summed E-state index contributed by atoms with van der Waals surface area (Å²) in [6.45, 7) is 10.1. The van der Waals surface area contributed by atoms with Crippen molar-refractivity contribution in [3.63, 3.8) is 0 Å². The first-order chi connectivity index (χ1) is 15.0. The van der Waals surface area contributed by atoms with Gasteiger partial charge in [0.25, 0.3) is 0 Å². The number of rotatable bonds is 16. The normalized spacial score (nSPS) is 11.5. The number of carbonyl (C=O) groups excluding carboxylic acids is 4. The van der Waals surface area contributed by atoms with Gasteiger partial charge in [-0.3, -0.25) is 9.59 Å². The second kappa shape index (κ2) is 22.4. The van der Waals surface area contributed by atoms with E-state index in [4.69, 9.17) is 0 Å². The Morgan fingerprint density at radius 1 is 0.697 bits per heavy atom. The van der Waals surface area contributed by atoms with Crippen LogP contribution in [0.3, 0.4) is 0 Å².